The van der Waals surface area contributed by atoms with Crippen molar-refractivity contribution in [2.45, 2.75) is 70.7 Å². The molecular weight excluding hydrogens is 885 g/mol. The van der Waals surface area contributed by atoms with Crippen molar-refractivity contribution in [1.82, 2.24) is 47.5 Å². The third-order valence-electron chi connectivity index (χ3n) is 8.32. The topological polar surface area (TPSA) is 298 Å². The number of aromatic nitrogens is 1. The maximum atomic E-state index is 14.0. The molecule has 0 saturated carbocycles. The van der Waals surface area contributed by atoms with Gasteiger partial charge in [-0.05, 0) is 37.0 Å². The second-order valence-corrected chi connectivity index (χ2v) is 14.7. The smallest absolute Gasteiger partial charge is 0.255 e. The first-order valence-corrected chi connectivity index (χ1v) is 20.1. The van der Waals surface area contributed by atoms with Gasteiger partial charge in [-0.1, -0.05) is 26.0 Å². The molecule has 1 aromatic heterocycles. The Morgan fingerprint density at radius 1 is 0.635 bits per heavy atom. The fraction of sp³-hybridized carbons (Fsp3) is 0.459. The minimum atomic E-state index is -1.92. The van der Waals surface area contributed by atoms with Crippen molar-refractivity contribution in [2.24, 2.45) is 11.7 Å². The SMILES string of the molecule is CC(=O)N[C@H](Cc1ccc(Oc2c(F)c(F)nc(F)c2F)cc1)C(=O)N[C@@H](CS)C(=O)NCC(=O)NCC(=O)NCC(=O)N[C@@H](CS)C(=O)NC(C)C(=O)N[C@@H](CC(C)C)C(N)=O. The summed E-state index contributed by atoms with van der Waals surface area (Å²) in [6.45, 7) is 4.20. The molecule has 26 heteroatoms. The van der Waals surface area contributed by atoms with E-state index >= 15 is 0 Å². The van der Waals surface area contributed by atoms with Crippen molar-refractivity contribution < 1.29 is 65.4 Å². The lowest BCUT2D eigenvalue weighted by Crippen LogP contribution is -2.56. The van der Waals surface area contributed by atoms with E-state index in [1.165, 1.54) is 31.2 Å². The van der Waals surface area contributed by atoms with E-state index in [1.54, 1.807) is 0 Å². The summed E-state index contributed by atoms with van der Waals surface area (Å²) in [7, 11) is 0. The monoisotopic (exact) mass is 932 g/mol. The fourth-order valence-corrected chi connectivity index (χ4v) is 5.65. The number of pyridine rings is 1. The van der Waals surface area contributed by atoms with E-state index in [0.29, 0.717) is 5.56 Å². The number of carbonyl (C=O) groups excluding carboxylic acids is 9. The second kappa shape index (κ2) is 25.7. The number of ether oxygens (including phenoxy) is 1. The van der Waals surface area contributed by atoms with Crippen molar-refractivity contribution in [3.63, 3.8) is 0 Å². The number of hydrogen-bond donors (Lipinski definition) is 11. The zero-order valence-electron chi connectivity index (χ0n) is 34.2. The van der Waals surface area contributed by atoms with Crippen LogP contribution in [0.2, 0.25) is 0 Å². The summed E-state index contributed by atoms with van der Waals surface area (Å²) in [5.74, 6) is -16.7. The van der Waals surface area contributed by atoms with Crippen LogP contribution in [0.4, 0.5) is 17.6 Å². The van der Waals surface area contributed by atoms with E-state index in [4.69, 9.17) is 10.5 Å². The Morgan fingerprint density at radius 3 is 1.63 bits per heavy atom. The molecule has 20 nitrogen and oxygen atoms in total. The Kier molecular flexibility index (Phi) is 21.6. The van der Waals surface area contributed by atoms with Crippen molar-refractivity contribution in [3.8, 4) is 11.5 Å². The van der Waals surface area contributed by atoms with E-state index in [-0.39, 0.29) is 36.0 Å². The quantitative estimate of drug-likeness (QED) is 0.0317. The third-order valence-corrected chi connectivity index (χ3v) is 9.05. The van der Waals surface area contributed by atoms with Crippen LogP contribution in [0, 0.1) is 29.4 Å². The molecule has 1 heterocycles. The average molecular weight is 933 g/mol. The van der Waals surface area contributed by atoms with Gasteiger partial charge in [0.25, 0.3) is 11.9 Å². The molecule has 0 spiro atoms. The van der Waals surface area contributed by atoms with Gasteiger partial charge in [0.05, 0.1) is 19.6 Å². The number of nitrogens with zero attached hydrogens (tertiary/aromatic N) is 1. The molecule has 1 unspecified atom stereocenters. The van der Waals surface area contributed by atoms with Crippen molar-refractivity contribution >= 4 is 78.4 Å². The summed E-state index contributed by atoms with van der Waals surface area (Å²) in [6.07, 6.45) is 0.0869. The number of halogens is 4. The number of hydrogen-bond acceptors (Lipinski definition) is 13. The summed E-state index contributed by atoms with van der Waals surface area (Å²) in [5, 5.41) is 18.7. The van der Waals surface area contributed by atoms with Gasteiger partial charge in [-0.25, -0.2) is 0 Å². The lowest BCUT2D eigenvalue weighted by atomic mass is 10.0. The van der Waals surface area contributed by atoms with Gasteiger partial charge in [0.1, 0.15) is 36.0 Å². The second-order valence-electron chi connectivity index (χ2n) is 14.0. The number of rotatable bonds is 24. The van der Waals surface area contributed by atoms with Gasteiger partial charge in [0.2, 0.25) is 70.5 Å². The third kappa shape index (κ3) is 18.0. The van der Waals surface area contributed by atoms with Crippen molar-refractivity contribution in [2.75, 3.05) is 31.1 Å². The molecule has 2 rings (SSSR count). The summed E-state index contributed by atoms with van der Waals surface area (Å²) < 4.78 is 59.8. The average Bonchev–Trinajstić information content (AvgIpc) is 3.22. The molecule has 10 N–H and O–H groups in total. The van der Waals surface area contributed by atoms with Gasteiger partial charge in [-0.15, -0.1) is 0 Å². The normalized spacial score (nSPS) is 13.2. The first-order chi connectivity index (χ1) is 29.6. The molecule has 1 aromatic carbocycles. The number of thiol groups is 2. The molecule has 0 aliphatic rings. The standard InChI is InChI=1S/C37H48F4N10O10S2/c1-16(2)9-21(33(42)56)49-34(57)17(3)46-37(60)24(15-63)48-27(55)13-44-25(53)11-43-26(54)12-45-35(58)23(14-62)50-36(59)22(47-18(4)52)10-19-5-7-20(8-6-19)61-30-28(38)31(40)51-32(41)29(30)39/h5-8,16-17,21-24,62-63H,9-15H2,1-4H3,(H2,42,56)(H,43,54)(H,44,53)(H,45,58)(H,46,60)(H,47,52)(H,48,55)(H,49,57)(H,50,59)/t17?,21-,22+,23-,24-/m0/s1. The van der Waals surface area contributed by atoms with Crippen LogP contribution in [-0.4, -0.2) is 119 Å². The number of primary amides is 1. The highest BCUT2D eigenvalue weighted by Gasteiger charge is 2.29. The minimum Gasteiger partial charge on any atom is -0.451 e. The highest BCUT2D eigenvalue weighted by Crippen LogP contribution is 2.29. The highest BCUT2D eigenvalue weighted by atomic mass is 32.1. The van der Waals surface area contributed by atoms with Crippen LogP contribution >= 0.6 is 25.3 Å². The van der Waals surface area contributed by atoms with Gasteiger partial charge >= 0.3 is 0 Å². The van der Waals surface area contributed by atoms with Gasteiger partial charge in [-0.2, -0.15) is 47.8 Å². The van der Waals surface area contributed by atoms with E-state index in [0.717, 1.165) is 6.92 Å². The van der Waals surface area contributed by atoms with Crippen LogP contribution in [-0.2, 0) is 49.6 Å². The first-order valence-electron chi connectivity index (χ1n) is 18.8. The number of carbonyl (C=O) groups is 9. The summed E-state index contributed by atoms with van der Waals surface area (Å²) in [6, 6.07) is -0.948. The molecule has 63 heavy (non-hydrogen) atoms. The Labute approximate surface area is 368 Å². The molecule has 5 atom stereocenters. The number of amides is 9. The molecule has 0 saturated heterocycles. The Morgan fingerprint density at radius 2 is 1.13 bits per heavy atom. The molecule has 0 fully saturated rings. The summed E-state index contributed by atoms with van der Waals surface area (Å²) in [4.78, 5) is 114. The van der Waals surface area contributed by atoms with E-state index in [9.17, 15) is 60.7 Å². The summed E-state index contributed by atoms with van der Waals surface area (Å²) >= 11 is 8.10. The van der Waals surface area contributed by atoms with Gasteiger partial charge in [-0.3, -0.25) is 43.2 Å². The zero-order valence-corrected chi connectivity index (χ0v) is 36.0. The fourth-order valence-electron chi connectivity index (χ4n) is 5.13. The minimum absolute atomic E-state index is 0.0388. The van der Waals surface area contributed by atoms with Crippen LogP contribution in [0.5, 0.6) is 11.5 Å². The molecule has 0 bridgehead atoms. The van der Waals surface area contributed by atoms with E-state index < -0.39 is 132 Å². The molecule has 2 aromatic rings. The van der Waals surface area contributed by atoms with Crippen molar-refractivity contribution in [3.05, 3.63) is 53.4 Å². The maximum absolute atomic E-state index is 14.0. The van der Waals surface area contributed by atoms with Gasteiger partial charge in [0.15, 0.2) is 0 Å². The Balaban J connectivity index is 1.84. The molecule has 0 radical (unpaired) electrons. The summed E-state index contributed by atoms with van der Waals surface area (Å²) in [5.41, 5.74) is 5.70. The number of nitrogens with one attached hydrogen (secondary N) is 8. The van der Waals surface area contributed by atoms with Crippen LogP contribution in [0.3, 0.4) is 0 Å². The molecule has 346 valence electrons. The molecular formula is C37H48F4N10O10S2. The molecule has 0 aliphatic heterocycles. The van der Waals surface area contributed by atoms with E-state index in [1.807, 2.05) is 13.8 Å². The van der Waals surface area contributed by atoms with Gasteiger partial charge in [0, 0.05) is 24.9 Å². The van der Waals surface area contributed by atoms with Crippen molar-refractivity contribution in [1.29, 1.82) is 0 Å². The molecule has 9 amide bonds. The Bertz CT molecular complexity index is 1990. The largest absolute Gasteiger partial charge is 0.451 e. The van der Waals surface area contributed by atoms with Crippen LogP contribution in [0.1, 0.15) is 39.7 Å². The first kappa shape index (κ1) is 53.0. The van der Waals surface area contributed by atoms with E-state index in [2.05, 4.69) is 72.8 Å². The maximum Gasteiger partial charge on any atom is 0.255 e. The predicted octanol–water partition coefficient (Wildman–Crippen LogP) is -1.82. The zero-order chi connectivity index (χ0) is 47.6. The van der Waals surface area contributed by atoms with Gasteiger partial charge < -0.3 is 53.0 Å². The number of benzene rings is 1. The Hall–Kier alpha value is -6.18. The van der Waals surface area contributed by atoms with Crippen LogP contribution in [0.15, 0.2) is 24.3 Å². The lowest BCUT2D eigenvalue weighted by Gasteiger charge is -2.22. The predicted molar refractivity (Wildman–Crippen MR) is 221 cm³/mol. The number of nitrogens with two attached hydrogens (primary N) is 1. The lowest BCUT2D eigenvalue weighted by molar-refractivity contribution is -0.133. The highest BCUT2D eigenvalue weighted by molar-refractivity contribution is 7.80. The van der Waals surface area contributed by atoms with Crippen LogP contribution < -0.4 is 53.0 Å². The van der Waals surface area contributed by atoms with Crippen LogP contribution in [0.25, 0.3) is 0 Å². The molecule has 0 aliphatic carbocycles.